The standard InChI is InChI=1S/C35H48O9/c1-22(2)20-42-32(39)44-31(38)8-6-5-7-30(37)43-25-13-16-33(3)24(19-25)10-11-28-27(33)14-17-34(4)26(15-18-35(28,34)40)23-9-12-29(36)41-21-23/h9,12,19,21-22,25-28,40H,5-8,10-11,13-18,20H2,1-4H3/t25-,26+,27-,28+,33-,34+,35-/m0/s1. The van der Waals surface area contributed by atoms with Crippen LogP contribution in [0.1, 0.15) is 116 Å². The molecular formula is C35H48O9. The average molecular weight is 613 g/mol. The fourth-order valence-corrected chi connectivity index (χ4v) is 9.04. The van der Waals surface area contributed by atoms with Crippen LogP contribution in [0.15, 0.2) is 39.3 Å². The molecule has 3 fully saturated rings. The third-order valence-corrected chi connectivity index (χ3v) is 11.4. The Morgan fingerprint density at radius 2 is 1.73 bits per heavy atom. The van der Waals surface area contributed by atoms with Crippen molar-refractivity contribution in [3.8, 4) is 0 Å². The maximum absolute atomic E-state index is 12.6. The Bertz CT molecular complexity index is 1310. The first-order valence-corrected chi connectivity index (χ1v) is 16.4. The summed E-state index contributed by atoms with van der Waals surface area (Å²) in [6.45, 7) is 8.55. The van der Waals surface area contributed by atoms with Gasteiger partial charge >= 0.3 is 23.7 Å². The van der Waals surface area contributed by atoms with Crippen LogP contribution in [0.25, 0.3) is 0 Å². The SMILES string of the molecule is CC(C)COC(=O)OC(=O)CCCCC(=O)O[C@@H]1C=C2CC[C@@H]3[C@H](CC[C@]4(C)[C@@H](c5ccc(=O)oc5)CC[C@]34O)[C@@]2(C)CC1. The normalized spacial score (nSPS) is 34.3. The molecule has 1 aromatic rings. The molecule has 3 saturated carbocycles. The number of aliphatic hydroxyl groups is 1. The summed E-state index contributed by atoms with van der Waals surface area (Å²) < 4.78 is 20.5. The second kappa shape index (κ2) is 12.8. The summed E-state index contributed by atoms with van der Waals surface area (Å²) in [5.41, 5.74) is 0.935. The van der Waals surface area contributed by atoms with E-state index in [1.54, 1.807) is 6.26 Å². The van der Waals surface area contributed by atoms with Crippen LogP contribution < -0.4 is 5.63 Å². The molecular weight excluding hydrogens is 564 g/mol. The van der Waals surface area contributed by atoms with E-state index in [-0.39, 0.29) is 65.7 Å². The van der Waals surface area contributed by atoms with Crippen LogP contribution in [-0.2, 0) is 23.8 Å². The van der Waals surface area contributed by atoms with Gasteiger partial charge in [0.2, 0.25) is 0 Å². The molecule has 7 atom stereocenters. The molecule has 0 bridgehead atoms. The summed E-state index contributed by atoms with van der Waals surface area (Å²) in [6.07, 6.45) is 10.7. The van der Waals surface area contributed by atoms with Gasteiger partial charge in [-0.25, -0.2) is 9.59 Å². The molecule has 1 N–H and O–H groups in total. The van der Waals surface area contributed by atoms with E-state index in [9.17, 15) is 24.3 Å². The predicted molar refractivity (Wildman–Crippen MR) is 162 cm³/mol. The molecule has 0 aromatic carbocycles. The van der Waals surface area contributed by atoms with E-state index in [2.05, 4.69) is 24.7 Å². The number of allylic oxidation sites excluding steroid dienone is 1. The lowest BCUT2D eigenvalue weighted by Gasteiger charge is -2.61. The molecule has 0 unspecified atom stereocenters. The van der Waals surface area contributed by atoms with Gasteiger partial charge < -0.3 is 23.7 Å². The van der Waals surface area contributed by atoms with E-state index < -0.39 is 17.7 Å². The van der Waals surface area contributed by atoms with Gasteiger partial charge in [0.05, 0.1) is 18.5 Å². The first-order chi connectivity index (χ1) is 20.9. The number of fused-ring (bicyclic) bond motifs is 5. The number of unbranched alkanes of at least 4 members (excludes halogenated alkanes) is 1. The van der Waals surface area contributed by atoms with Gasteiger partial charge in [0.1, 0.15) is 6.10 Å². The van der Waals surface area contributed by atoms with Gasteiger partial charge in [-0.2, -0.15) is 0 Å². The summed E-state index contributed by atoms with van der Waals surface area (Å²) in [4.78, 5) is 47.5. The highest BCUT2D eigenvalue weighted by Gasteiger charge is 2.66. The van der Waals surface area contributed by atoms with E-state index in [0.717, 1.165) is 56.9 Å². The zero-order valence-corrected chi connectivity index (χ0v) is 26.6. The quantitative estimate of drug-likeness (QED) is 0.142. The first-order valence-electron chi connectivity index (χ1n) is 16.4. The topological polar surface area (TPSA) is 129 Å². The van der Waals surface area contributed by atoms with Crippen molar-refractivity contribution < 1.29 is 38.1 Å². The molecule has 9 nitrogen and oxygen atoms in total. The van der Waals surface area contributed by atoms with Gasteiger partial charge in [-0.15, -0.1) is 0 Å². The third-order valence-electron chi connectivity index (χ3n) is 11.4. The Hall–Kier alpha value is -2.94. The van der Waals surface area contributed by atoms with Gasteiger partial charge in [-0.05, 0) is 111 Å². The molecule has 4 aliphatic carbocycles. The van der Waals surface area contributed by atoms with Crippen LogP contribution in [0.4, 0.5) is 4.79 Å². The molecule has 0 radical (unpaired) electrons. The summed E-state index contributed by atoms with van der Waals surface area (Å²) >= 11 is 0. The first kappa shape index (κ1) is 32.5. The molecule has 1 aromatic heterocycles. The highest BCUT2D eigenvalue weighted by Crippen LogP contribution is 2.70. The minimum Gasteiger partial charge on any atom is -0.458 e. The van der Waals surface area contributed by atoms with E-state index >= 15 is 0 Å². The minimum absolute atomic E-state index is 0.0306. The Morgan fingerprint density at radius 1 is 0.977 bits per heavy atom. The third kappa shape index (κ3) is 6.26. The minimum atomic E-state index is -0.985. The summed E-state index contributed by atoms with van der Waals surface area (Å²) in [5, 5.41) is 12.4. The molecule has 9 heteroatoms. The molecule has 0 saturated heterocycles. The molecule has 44 heavy (non-hydrogen) atoms. The number of rotatable bonds is 9. The van der Waals surface area contributed by atoms with Crippen molar-refractivity contribution in [2.75, 3.05) is 6.61 Å². The largest absolute Gasteiger partial charge is 0.516 e. The molecule has 5 rings (SSSR count). The van der Waals surface area contributed by atoms with E-state index in [4.69, 9.17) is 13.9 Å². The zero-order valence-electron chi connectivity index (χ0n) is 26.6. The van der Waals surface area contributed by atoms with E-state index in [1.807, 2.05) is 19.9 Å². The number of ether oxygens (including phenoxy) is 3. The van der Waals surface area contributed by atoms with Crippen molar-refractivity contribution in [3.63, 3.8) is 0 Å². The van der Waals surface area contributed by atoms with Crippen LogP contribution in [0, 0.1) is 28.6 Å². The lowest BCUT2D eigenvalue weighted by Crippen LogP contribution is -2.60. The van der Waals surface area contributed by atoms with Crippen molar-refractivity contribution in [3.05, 3.63) is 46.0 Å². The Morgan fingerprint density at radius 3 is 2.43 bits per heavy atom. The molecule has 1 heterocycles. The second-order valence-electron chi connectivity index (χ2n) is 14.4. The van der Waals surface area contributed by atoms with Crippen molar-refractivity contribution in [1.29, 1.82) is 0 Å². The molecule has 0 amide bonds. The molecule has 4 aliphatic rings. The van der Waals surface area contributed by atoms with Gasteiger partial charge in [-0.3, -0.25) is 9.59 Å². The monoisotopic (exact) mass is 612 g/mol. The lowest BCUT2D eigenvalue weighted by atomic mass is 9.45. The maximum Gasteiger partial charge on any atom is 0.516 e. The Balaban J connectivity index is 1.13. The summed E-state index contributed by atoms with van der Waals surface area (Å²) in [6, 6.07) is 3.35. The van der Waals surface area contributed by atoms with E-state index in [0.29, 0.717) is 18.8 Å². The number of esters is 2. The Kier molecular flexibility index (Phi) is 9.45. The molecule has 0 aliphatic heterocycles. The van der Waals surface area contributed by atoms with Crippen molar-refractivity contribution in [1.82, 2.24) is 0 Å². The average Bonchev–Trinajstić information content (AvgIpc) is 3.26. The number of hydrogen-bond acceptors (Lipinski definition) is 9. The van der Waals surface area contributed by atoms with Gasteiger partial charge in [0.15, 0.2) is 0 Å². The molecule has 0 spiro atoms. The predicted octanol–water partition coefficient (Wildman–Crippen LogP) is 6.61. The number of hydrogen-bond donors (Lipinski definition) is 1. The fourth-order valence-electron chi connectivity index (χ4n) is 9.04. The summed E-state index contributed by atoms with van der Waals surface area (Å²) in [7, 11) is 0. The molecule has 242 valence electrons. The Labute approximate surface area is 259 Å². The smallest absolute Gasteiger partial charge is 0.458 e. The van der Waals surface area contributed by atoms with Crippen LogP contribution in [0.2, 0.25) is 0 Å². The fraction of sp³-hybridized carbons (Fsp3) is 0.714. The van der Waals surface area contributed by atoms with Crippen molar-refractivity contribution >= 4 is 18.1 Å². The van der Waals surface area contributed by atoms with Crippen LogP contribution in [0.3, 0.4) is 0 Å². The lowest BCUT2D eigenvalue weighted by molar-refractivity contribution is -0.178. The maximum atomic E-state index is 12.6. The number of carbonyl (C=O) groups excluding carboxylic acids is 3. The van der Waals surface area contributed by atoms with Crippen LogP contribution >= 0.6 is 0 Å². The highest BCUT2D eigenvalue weighted by atomic mass is 16.7. The van der Waals surface area contributed by atoms with Gasteiger partial charge in [-0.1, -0.05) is 33.3 Å². The number of carbonyl (C=O) groups is 3. The summed E-state index contributed by atoms with van der Waals surface area (Å²) in [5.74, 6) is -0.0651. The van der Waals surface area contributed by atoms with Gasteiger partial charge in [0.25, 0.3) is 0 Å². The zero-order chi connectivity index (χ0) is 31.7. The highest BCUT2D eigenvalue weighted by molar-refractivity contribution is 5.81. The van der Waals surface area contributed by atoms with Crippen LogP contribution in [0.5, 0.6) is 0 Å². The van der Waals surface area contributed by atoms with E-state index in [1.165, 1.54) is 11.6 Å². The van der Waals surface area contributed by atoms with Crippen molar-refractivity contribution in [2.24, 2.45) is 28.6 Å². The second-order valence-corrected chi connectivity index (χ2v) is 14.4. The van der Waals surface area contributed by atoms with Crippen molar-refractivity contribution in [2.45, 2.75) is 122 Å². The van der Waals surface area contributed by atoms with Crippen LogP contribution in [-0.4, -0.2) is 41.5 Å². The van der Waals surface area contributed by atoms with Gasteiger partial charge in [0, 0.05) is 24.3 Å².